The van der Waals surface area contributed by atoms with Gasteiger partial charge in [-0.15, -0.1) is 0 Å². The van der Waals surface area contributed by atoms with Gasteiger partial charge in [0.15, 0.2) is 0 Å². The molecule has 84 valence electrons. The molecule has 1 aliphatic rings. The van der Waals surface area contributed by atoms with E-state index in [1.54, 1.807) is 0 Å². The van der Waals surface area contributed by atoms with Crippen LogP contribution in [0.1, 0.15) is 39.5 Å². The Kier molecular flexibility index (Phi) is 4.85. The molecule has 3 heteroatoms. The summed E-state index contributed by atoms with van der Waals surface area (Å²) in [4.78, 5) is 2.39. The van der Waals surface area contributed by atoms with Crippen LogP contribution in [0.25, 0.3) is 0 Å². The first kappa shape index (κ1) is 12.0. The third-order valence-corrected chi connectivity index (χ3v) is 3.36. The molecule has 1 fully saturated rings. The topological polar surface area (TPSA) is 49.5 Å². The van der Waals surface area contributed by atoms with Crippen LogP contribution in [0.5, 0.6) is 0 Å². The fraction of sp³-hybridized carbons (Fsp3) is 1.00. The molecule has 0 aliphatic carbocycles. The second kappa shape index (κ2) is 5.69. The molecular weight excluding hydrogens is 176 g/mol. The van der Waals surface area contributed by atoms with E-state index in [0.29, 0.717) is 12.1 Å². The van der Waals surface area contributed by atoms with E-state index in [1.165, 1.54) is 19.3 Å². The molecule has 0 spiro atoms. The molecule has 1 rings (SSSR count). The molecule has 1 saturated heterocycles. The lowest BCUT2D eigenvalue weighted by atomic mass is 9.96. The minimum absolute atomic E-state index is 0.190. The van der Waals surface area contributed by atoms with Crippen molar-refractivity contribution in [3.05, 3.63) is 0 Å². The van der Waals surface area contributed by atoms with Gasteiger partial charge in [-0.1, -0.05) is 13.3 Å². The molecule has 1 aliphatic heterocycles. The smallest absolute Gasteiger partial charge is 0.0664 e. The molecule has 0 bridgehead atoms. The number of aliphatic hydroxyl groups is 1. The van der Waals surface area contributed by atoms with Crippen molar-refractivity contribution in [3.63, 3.8) is 0 Å². The molecule has 0 radical (unpaired) electrons. The van der Waals surface area contributed by atoms with E-state index in [9.17, 15) is 5.11 Å². The summed E-state index contributed by atoms with van der Waals surface area (Å²) in [5.41, 5.74) is 5.75. The Bertz CT molecular complexity index is 163. The monoisotopic (exact) mass is 200 g/mol. The lowest BCUT2D eigenvalue weighted by Crippen LogP contribution is -2.51. The highest BCUT2D eigenvalue weighted by Gasteiger charge is 2.27. The van der Waals surface area contributed by atoms with Crippen molar-refractivity contribution in [2.45, 2.75) is 57.7 Å². The summed E-state index contributed by atoms with van der Waals surface area (Å²) in [7, 11) is 0. The molecule has 3 N–H and O–H groups in total. The molecule has 3 atom stereocenters. The number of nitrogens with zero attached hydrogens (tertiary/aromatic N) is 1. The van der Waals surface area contributed by atoms with E-state index in [2.05, 4.69) is 11.8 Å². The third kappa shape index (κ3) is 2.94. The van der Waals surface area contributed by atoms with Crippen LogP contribution < -0.4 is 5.73 Å². The van der Waals surface area contributed by atoms with Crippen molar-refractivity contribution >= 4 is 0 Å². The van der Waals surface area contributed by atoms with Crippen LogP contribution in [0.15, 0.2) is 0 Å². The van der Waals surface area contributed by atoms with Crippen LogP contribution >= 0.6 is 0 Å². The van der Waals surface area contributed by atoms with Crippen LogP contribution in [0.2, 0.25) is 0 Å². The Balaban J connectivity index is 2.50. The largest absolute Gasteiger partial charge is 0.392 e. The summed E-state index contributed by atoms with van der Waals surface area (Å²) in [6.45, 7) is 5.78. The molecular formula is C11H24N2O. The van der Waals surface area contributed by atoms with Crippen molar-refractivity contribution in [2.75, 3.05) is 13.1 Å². The van der Waals surface area contributed by atoms with Crippen LogP contribution in [0.3, 0.4) is 0 Å². The van der Waals surface area contributed by atoms with E-state index >= 15 is 0 Å². The zero-order valence-electron chi connectivity index (χ0n) is 9.45. The molecule has 0 aromatic heterocycles. The number of likely N-dealkylation sites (tertiary alicyclic amines) is 1. The van der Waals surface area contributed by atoms with Crippen molar-refractivity contribution in [3.8, 4) is 0 Å². The second-order valence-corrected chi connectivity index (χ2v) is 4.43. The lowest BCUT2D eigenvalue weighted by molar-refractivity contribution is 0.0369. The zero-order chi connectivity index (χ0) is 10.6. The number of hydrogen-bond donors (Lipinski definition) is 2. The first-order chi connectivity index (χ1) is 6.69. The van der Waals surface area contributed by atoms with Gasteiger partial charge < -0.3 is 10.8 Å². The summed E-state index contributed by atoms with van der Waals surface area (Å²) >= 11 is 0. The summed E-state index contributed by atoms with van der Waals surface area (Å²) in [6, 6.07) is 1.07. The van der Waals surface area contributed by atoms with Gasteiger partial charge in [-0.05, 0) is 26.2 Å². The molecule has 0 saturated carbocycles. The fourth-order valence-corrected chi connectivity index (χ4v) is 2.30. The molecule has 0 aromatic rings. The minimum atomic E-state index is -0.190. The predicted octanol–water partition coefficient (Wildman–Crippen LogP) is 0.959. The normalized spacial score (nSPS) is 31.7. The Morgan fingerprint density at radius 3 is 2.79 bits per heavy atom. The van der Waals surface area contributed by atoms with Gasteiger partial charge in [0, 0.05) is 25.2 Å². The number of rotatable bonds is 4. The van der Waals surface area contributed by atoms with E-state index in [4.69, 9.17) is 5.73 Å². The van der Waals surface area contributed by atoms with Gasteiger partial charge in [-0.3, -0.25) is 4.90 Å². The molecule has 0 amide bonds. The third-order valence-electron chi connectivity index (χ3n) is 3.36. The average molecular weight is 200 g/mol. The van der Waals surface area contributed by atoms with Crippen molar-refractivity contribution in [1.82, 2.24) is 4.90 Å². The summed E-state index contributed by atoms with van der Waals surface area (Å²) in [6.07, 6.45) is 4.36. The first-order valence-electron chi connectivity index (χ1n) is 5.82. The molecule has 0 aromatic carbocycles. The van der Waals surface area contributed by atoms with E-state index in [1.807, 2.05) is 6.92 Å². The summed E-state index contributed by atoms with van der Waals surface area (Å²) < 4.78 is 0. The fourth-order valence-electron chi connectivity index (χ4n) is 2.30. The van der Waals surface area contributed by atoms with Crippen LogP contribution in [-0.2, 0) is 0 Å². The lowest BCUT2D eigenvalue weighted by Gasteiger charge is -2.41. The number of hydrogen-bond acceptors (Lipinski definition) is 3. The van der Waals surface area contributed by atoms with E-state index in [-0.39, 0.29) is 6.10 Å². The molecule has 3 unspecified atom stereocenters. The Morgan fingerprint density at radius 1 is 1.50 bits per heavy atom. The van der Waals surface area contributed by atoms with Gasteiger partial charge in [0.1, 0.15) is 0 Å². The second-order valence-electron chi connectivity index (χ2n) is 4.43. The maximum absolute atomic E-state index is 9.66. The maximum Gasteiger partial charge on any atom is 0.0664 e. The Labute approximate surface area is 87.3 Å². The highest BCUT2D eigenvalue weighted by atomic mass is 16.3. The van der Waals surface area contributed by atoms with Crippen molar-refractivity contribution in [2.24, 2.45) is 5.73 Å². The minimum Gasteiger partial charge on any atom is -0.392 e. The van der Waals surface area contributed by atoms with Crippen LogP contribution in [0, 0.1) is 0 Å². The molecule has 1 heterocycles. The average Bonchev–Trinajstić information content (AvgIpc) is 2.20. The number of nitrogens with two attached hydrogens (primary N) is 1. The number of β-amino-alcohol motifs (C(OH)–C–C–N with tert-alkyl or cyclic N) is 1. The quantitative estimate of drug-likeness (QED) is 0.710. The Hall–Kier alpha value is -0.120. The van der Waals surface area contributed by atoms with Crippen LogP contribution in [-0.4, -0.2) is 41.3 Å². The van der Waals surface area contributed by atoms with E-state index < -0.39 is 0 Å². The first-order valence-corrected chi connectivity index (χ1v) is 5.82. The standard InChI is InChI=1S/C11H24N2O/c1-3-11(14)8-13-9(2)5-4-6-10(13)7-12/h9-11,14H,3-8,12H2,1-2H3. The van der Waals surface area contributed by atoms with Gasteiger partial charge >= 0.3 is 0 Å². The SMILES string of the molecule is CCC(O)CN1C(C)CCCC1CN. The van der Waals surface area contributed by atoms with Crippen molar-refractivity contribution in [1.29, 1.82) is 0 Å². The van der Waals surface area contributed by atoms with E-state index in [0.717, 1.165) is 19.5 Å². The molecule has 3 nitrogen and oxygen atoms in total. The summed E-state index contributed by atoms with van der Waals surface area (Å²) in [5.74, 6) is 0. The number of aliphatic hydroxyl groups excluding tert-OH is 1. The van der Waals surface area contributed by atoms with Gasteiger partial charge in [0.25, 0.3) is 0 Å². The van der Waals surface area contributed by atoms with Gasteiger partial charge in [0.2, 0.25) is 0 Å². The predicted molar refractivity (Wildman–Crippen MR) is 59.2 cm³/mol. The van der Waals surface area contributed by atoms with Gasteiger partial charge in [0.05, 0.1) is 6.10 Å². The maximum atomic E-state index is 9.66. The van der Waals surface area contributed by atoms with Crippen LogP contribution in [0.4, 0.5) is 0 Å². The van der Waals surface area contributed by atoms with Gasteiger partial charge in [-0.25, -0.2) is 0 Å². The highest BCUT2D eigenvalue weighted by molar-refractivity contribution is 4.84. The summed E-state index contributed by atoms with van der Waals surface area (Å²) in [5, 5.41) is 9.66. The van der Waals surface area contributed by atoms with Crippen molar-refractivity contribution < 1.29 is 5.11 Å². The molecule has 14 heavy (non-hydrogen) atoms. The number of piperidine rings is 1. The zero-order valence-corrected chi connectivity index (χ0v) is 9.45. The van der Waals surface area contributed by atoms with Gasteiger partial charge in [-0.2, -0.15) is 0 Å². The Morgan fingerprint density at radius 2 is 2.21 bits per heavy atom. The highest BCUT2D eigenvalue weighted by Crippen LogP contribution is 2.22.